The molecule has 0 aliphatic heterocycles. The summed E-state index contributed by atoms with van der Waals surface area (Å²) < 4.78 is 1.46. The van der Waals surface area contributed by atoms with Gasteiger partial charge in [-0.15, -0.1) is 11.6 Å². The van der Waals surface area contributed by atoms with E-state index in [-0.39, 0.29) is 5.69 Å². The van der Waals surface area contributed by atoms with Crippen molar-refractivity contribution < 1.29 is 0 Å². The molecule has 7 heteroatoms. The summed E-state index contributed by atoms with van der Waals surface area (Å²) >= 11 is 5.76. The van der Waals surface area contributed by atoms with Crippen LogP contribution in [0.3, 0.4) is 0 Å². The molecule has 0 saturated carbocycles. The topological polar surface area (TPSA) is 66.3 Å². The van der Waals surface area contributed by atoms with Crippen LogP contribution in [0.25, 0.3) is 5.65 Å². The number of rotatable bonds is 5. The Morgan fingerprint density at radius 2 is 2.26 bits per heavy atom. The lowest BCUT2D eigenvalue weighted by Crippen LogP contribution is -2.33. The zero-order valence-corrected chi connectivity index (χ0v) is 12.1. The van der Waals surface area contributed by atoms with Gasteiger partial charge in [-0.1, -0.05) is 0 Å². The number of halogens is 1. The second-order valence-electron chi connectivity index (χ2n) is 4.71. The van der Waals surface area contributed by atoms with Crippen molar-refractivity contribution in [1.29, 1.82) is 0 Å². The van der Waals surface area contributed by atoms with Crippen LogP contribution in [0.15, 0.2) is 10.9 Å². The van der Waals surface area contributed by atoms with Gasteiger partial charge in [0.1, 0.15) is 11.6 Å². The van der Waals surface area contributed by atoms with Crippen LogP contribution in [0.2, 0.25) is 0 Å². The molecule has 0 amide bonds. The molecule has 2 aromatic rings. The molecule has 0 aromatic carbocycles. The highest BCUT2D eigenvalue weighted by Gasteiger charge is 2.15. The number of hydrogen-bond donors (Lipinski definition) is 1. The monoisotopic (exact) mass is 283 g/mol. The Labute approximate surface area is 116 Å². The number of aryl methyl sites for hydroxylation is 1. The lowest BCUT2D eigenvalue weighted by molar-refractivity contribution is 0.660. The maximum absolute atomic E-state index is 11.6. The molecule has 2 heterocycles. The van der Waals surface area contributed by atoms with Gasteiger partial charge in [-0.25, -0.2) is 19.3 Å². The number of alkyl halides is 1. The number of hydrogen-bond acceptors (Lipinski definition) is 4. The molecule has 0 bridgehead atoms. The molecule has 0 aliphatic carbocycles. The second kappa shape index (κ2) is 5.61. The molecular formula is C12H18ClN5O. The third-order valence-electron chi connectivity index (χ3n) is 3.01. The molecule has 1 N–H and O–H groups in total. The largest absolute Gasteiger partial charge is 0.354 e. The molecule has 0 fully saturated rings. The Hall–Kier alpha value is -1.56. The van der Waals surface area contributed by atoms with E-state index in [1.165, 1.54) is 4.40 Å². The van der Waals surface area contributed by atoms with Crippen molar-refractivity contribution in [1.82, 2.24) is 19.6 Å². The number of aromatic amines is 1. The van der Waals surface area contributed by atoms with Gasteiger partial charge < -0.3 is 4.90 Å². The Kier molecular flexibility index (Phi) is 4.09. The lowest BCUT2D eigenvalue weighted by atomic mass is 10.3. The highest BCUT2D eigenvalue weighted by molar-refractivity contribution is 6.17. The van der Waals surface area contributed by atoms with Crippen LogP contribution in [0, 0.1) is 6.92 Å². The zero-order valence-electron chi connectivity index (χ0n) is 11.4. The Morgan fingerprint density at radius 3 is 2.89 bits per heavy atom. The van der Waals surface area contributed by atoms with Crippen molar-refractivity contribution in [3.8, 4) is 0 Å². The SMILES string of the molecule is Cc1nc(N(CCCCl)C(C)C)cc2n[nH]c(=O)n12. The first-order valence-electron chi connectivity index (χ1n) is 6.32. The summed E-state index contributed by atoms with van der Waals surface area (Å²) in [4.78, 5) is 18.2. The van der Waals surface area contributed by atoms with Crippen molar-refractivity contribution in [2.75, 3.05) is 17.3 Å². The van der Waals surface area contributed by atoms with Crippen LogP contribution >= 0.6 is 11.6 Å². The predicted octanol–water partition coefficient (Wildman–Crippen LogP) is 1.57. The fourth-order valence-corrected chi connectivity index (χ4v) is 2.22. The first-order valence-corrected chi connectivity index (χ1v) is 6.85. The molecule has 6 nitrogen and oxygen atoms in total. The average Bonchev–Trinajstić information content (AvgIpc) is 2.71. The zero-order chi connectivity index (χ0) is 14.0. The van der Waals surface area contributed by atoms with E-state index in [9.17, 15) is 4.79 Å². The van der Waals surface area contributed by atoms with Crippen LogP contribution in [-0.2, 0) is 0 Å². The second-order valence-corrected chi connectivity index (χ2v) is 5.09. The lowest BCUT2D eigenvalue weighted by Gasteiger charge is -2.27. The third-order valence-corrected chi connectivity index (χ3v) is 3.27. The number of fused-ring (bicyclic) bond motifs is 1. The summed E-state index contributed by atoms with van der Waals surface area (Å²) in [5.41, 5.74) is 0.326. The van der Waals surface area contributed by atoms with Crippen molar-refractivity contribution in [2.45, 2.75) is 33.2 Å². The van der Waals surface area contributed by atoms with Crippen LogP contribution in [0.5, 0.6) is 0 Å². The number of aromatic nitrogens is 4. The molecule has 2 aromatic heterocycles. The summed E-state index contributed by atoms with van der Waals surface area (Å²) in [6.07, 6.45) is 0.888. The summed E-state index contributed by atoms with van der Waals surface area (Å²) in [5.74, 6) is 2.07. The molecule has 0 aliphatic rings. The predicted molar refractivity (Wildman–Crippen MR) is 76.2 cm³/mol. The Morgan fingerprint density at radius 1 is 1.53 bits per heavy atom. The average molecular weight is 284 g/mol. The van der Waals surface area contributed by atoms with Crippen LogP contribution in [-0.4, -0.2) is 38.0 Å². The van der Waals surface area contributed by atoms with Crippen molar-refractivity contribution in [2.24, 2.45) is 0 Å². The molecule has 2 rings (SSSR count). The van der Waals surface area contributed by atoms with E-state index in [2.05, 4.69) is 33.9 Å². The van der Waals surface area contributed by atoms with Gasteiger partial charge in [0, 0.05) is 24.5 Å². The van der Waals surface area contributed by atoms with Crippen molar-refractivity contribution in [3.05, 3.63) is 22.4 Å². The van der Waals surface area contributed by atoms with Crippen LogP contribution in [0.4, 0.5) is 5.82 Å². The fourth-order valence-electron chi connectivity index (χ4n) is 2.10. The van der Waals surface area contributed by atoms with E-state index in [1.807, 2.05) is 6.07 Å². The smallest absolute Gasteiger partial charge is 0.349 e. The van der Waals surface area contributed by atoms with E-state index in [0.717, 1.165) is 18.8 Å². The van der Waals surface area contributed by atoms with Gasteiger partial charge in [0.2, 0.25) is 0 Å². The van der Waals surface area contributed by atoms with Gasteiger partial charge in [0.05, 0.1) is 0 Å². The number of nitrogens with zero attached hydrogens (tertiary/aromatic N) is 4. The maximum atomic E-state index is 11.6. The van der Waals surface area contributed by atoms with E-state index in [1.54, 1.807) is 6.92 Å². The van der Waals surface area contributed by atoms with Gasteiger partial charge in [-0.05, 0) is 27.2 Å². The molecular weight excluding hydrogens is 266 g/mol. The van der Waals surface area contributed by atoms with Crippen LogP contribution < -0.4 is 10.6 Å². The Balaban J connectivity index is 2.45. The normalized spacial score (nSPS) is 11.4. The molecule has 19 heavy (non-hydrogen) atoms. The fraction of sp³-hybridized carbons (Fsp3) is 0.583. The maximum Gasteiger partial charge on any atom is 0.349 e. The Bertz CT molecular complexity index is 618. The molecule has 0 radical (unpaired) electrons. The number of nitrogens with one attached hydrogen (secondary N) is 1. The number of anilines is 1. The number of H-pyrrole nitrogens is 1. The first-order chi connectivity index (χ1) is 9.04. The highest BCUT2D eigenvalue weighted by Crippen LogP contribution is 2.17. The van der Waals surface area contributed by atoms with Crippen molar-refractivity contribution in [3.63, 3.8) is 0 Å². The molecule has 104 valence electrons. The summed E-state index contributed by atoms with van der Waals surface area (Å²) in [6.45, 7) is 6.84. The van der Waals surface area contributed by atoms with E-state index in [4.69, 9.17) is 11.6 Å². The van der Waals surface area contributed by atoms with E-state index in [0.29, 0.717) is 23.4 Å². The minimum Gasteiger partial charge on any atom is -0.354 e. The minimum absolute atomic E-state index is 0.261. The van der Waals surface area contributed by atoms with Crippen LogP contribution in [0.1, 0.15) is 26.1 Å². The standard InChI is InChI=1S/C12H18ClN5O/c1-8(2)17(6-4-5-13)10-7-11-15-16-12(19)18(11)9(3)14-10/h7-8H,4-6H2,1-3H3,(H,16,19). The van der Waals surface area contributed by atoms with Gasteiger partial charge in [0.25, 0.3) is 0 Å². The first kappa shape index (κ1) is 13.9. The molecule has 0 atom stereocenters. The molecule has 0 spiro atoms. The van der Waals surface area contributed by atoms with Crippen molar-refractivity contribution >= 4 is 23.1 Å². The summed E-state index contributed by atoms with van der Waals surface area (Å²) in [6, 6.07) is 2.13. The quantitative estimate of drug-likeness (QED) is 0.846. The van der Waals surface area contributed by atoms with E-state index < -0.39 is 0 Å². The summed E-state index contributed by atoms with van der Waals surface area (Å²) in [5, 5.41) is 6.43. The van der Waals surface area contributed by atoms with Gasteiger partial charge in [-0.3, -0.25) is 0 Å². The summed E-state index contributed by atoms with van der Waals surface area (Å²) in [7, 11) is 0. The van der Waals surface area contributed by atoms with Gasteiger partial charge in [0.15, 0.2) is 5.65 Å². The van der Waals surface area contributed by atoms with Gasteiger partial charge >= 0.3 is 5.69 Å². The third kappa shape index (κ3) is 2.73. The molecule has 0 unspecified atom stereocenters. The molecule has 0 saturated heterocycles. The van der Waals surface area contributed by atoms with E-state index >= 15 is 0 Å². The highest BCUT2D eigenvalue weighted by atomic mass is 35.5. The van der Waals surface area contributed by atoms with Gasteiger partial charge in [-0.2, -0.15) is 5.10 Å². The minimum atomic E-state index is -0.261.